The monoisotopic (exact) mass is 326 g/mol. The molecule has 2 rings (SSSR count). The quantitative estimate of drug-likeness (QED) is 0.497. The molecule has 0 aliphatic carbocycles. The number of nitrogens with zero attached hydrogens (tertiary/aromatic N) is 1. The van der Waals surface area contributed by atoms with Gasteiger partial charge in [0.1, 0.15) is 0 Å². The van der Waals surface area contributed by atoms with E-state index in [1.54, 1.807) is 19.1 Å². The van der Waals surface area contributed by atoms with Crippen LogP contribution in [0.1, 0.15) is 22.8 Å². The Hall–Kier alpha value is -3.48. The number of amides is 1. The van der Waals surface area contributed by atoms with Gasteiger partial charge >= 0.3 is 5.97 Å². The zero-order valence-corrected chi connectivity index (χ0v) is 12.7. The molecule has 7 nitrogen and oxygen atoms in total. The number of rotatable bonds is 5. The Balaban J connectivity index is 2.17. The molecule has 24 heavy (non-hydrogen) atoms. The van der Waals surface area contributed by atoms with Gasteiger partial charge in [-0.1, -0.05) is 18.2 Å². The van der Waals surface area contributed by atoms with Crippen molar-refractivity contribution in [2.24, 2.45) is 0 Å². The van der Waals surface area contributed by atoms with E-state index in [0.29, 0.717) is 16.8 Å². The maximum Gasteiger partial charge on any atom is 0.335 e. The van der Waals surface area contributed by atoms with Crippen molar-refractivity contribution in [3.8, 4) is 0 Å². The lowest BCUT2D eigenvalue weighted by Gasteiger charge is -2.06. The number of nitro benzene ring substituents is 1. The number of anilines is 1. The fourth-order valence-electron chi connectivity index (χ4n) is 2.00. The molecule has 122 valence electrons. The molecule has 0 aliphatic rings. The van der Waals surface area contributed by atoms with Gasteiger partial charge in [-0.05, 0) is 36.8 Å². The minimum absolute atomic E-state index is 0.0631. The summed E-state index contributed by atoms with van der Waals surface area (Å²) in [6.07, 6.45) is 1.52. The minimum atomic E-state index is -1.09. The molecular weight excluding hydrogens is 312 g/mol. The Morgan fingerprint density at radius 2 is 1.88 bits per heavy atom. The Morgan fingerprint density at radius 1 is 1.17 bits per heavy atom. The van der Waals surface area contributed by atoms with Crippen LogP contribution in [0.4, 0.5) is 11.4 Å². The van der Waals surface area contributed by atoms with Crippen molar-refractivity contribution < 1.29 is 19.6 Å². The van der Waals surface area contributed by atoms with E-state index in [0.717, 1.165) is 0 Å². The number of aromatic carboxylic acids is 1. The summed E-state index contributed by atoms with van der Waals surface area (Å²) in [5.41, 5.74) is 1.21. The van der Waals surface area contributed by atoms with Gasteiger partial charge in [-0.3, -0.25) is 14.9 Å². The van der Waals surface area contributed by atoms with Crippen molar-refractivity contribution in [1.29, 1.82) is 0 Å². The van der Waals surface area contributed by atoms with E-state index in [4.69, 9.17) is 5.11 Å². The normalized spacial score (nSPS) is 11.0. The van der Waals surface area contributed by atoms with Crippen molar-refractivity contribution in [2.75, 3.05) is 5.32 Å². The smallest absolute Gasteiger partial charge is 0.335 e. The number of hydrogen-bond donors (Lipinski definition) is 2. The number of carboxylic acid groups (broad SMARTS) is 1. The molecule has 2 aromatic rings. The molecule has 0 saturated heterocycles. The fraction of sp³-hybridized carbons (Fsp3) is 0.0588. The van der Waals surface area contributed by atoms with Gasteiger partial charge in [0.2, 0.25) is 0 Å². The van der Waals surface area contributed by atoms with Gasteiger partial charge in [-0.25, -0.2) is 4.79 Å². The van der Waals surface area contributed by atoms with Gasteiger partial charge in [0.25, 0.3) is 11.6 Å². The van der Waals surface area contributed by atoms with Crippen molar-refractivity contribution in [1.82, 2.24) is 0 Å². The summed E-state index contributed by atoms with van der Waals surface area (Å²) in [7, 11) is 0. The summed E-state index contributed by atoms with van der Waals surface area (Å²) in [5.74, 6) is -1.51. The zero-order valence-electron chi connectivity index (χ0n) is 12.7. The van der Waals surface area contributed by atoms with Gasteiger partial charge in [0, 0.05) is 23.4 Å². The van der Waals surface area contributed by atoms with Crippen LogP contribution in [-0.4, -0.2) is 21.9 Å². The number of nitro groups is 1. The Morgan fingerprint density at radius 3 is 2.54 bits per heavy atom. The van der Waals surface area contributed by atoms with Gasteiger partial charge in [-0.15, -0.1) is 0 Å². The third-order valence-corrected chi connectivity index (χ3v) is 3.19. The van der Waals surface area contributed by atoms with E-state index in [1.807, 2.05) is 0 Å². The highest BCUT2D eigenvalue weighted by molar-refractivity contribution is 6.06. The maximum absolute atomic E-state index is 12.2. The first-order valence-electron chi connectivity index (χ1n) is 6.94. The first-order chi connectivity index (χ1) is 11.4. The summed E-state index contributed by atoms with van der Waals surface area (Å²) in [6.45, 7) is 1.56. The van der Waals surface area contributed by atoms with Crippen LogP contribution in [0.5, 0.6) is 0 Å². The Bertz CT molecular complexity index is 842. The van der Waals surface area contributed by atoms with Crippen LogP contribution in [0, 0.1) is 10.1 Å². The molecule has 0 unspecified atom stereocenters. The molecule has 2 aromatic carbocycles. The van der Waals surface area contributed by atoms with E-state index in [9.17, 15) is 19.7 Å². The largest absolute Gasteiger partial charge is 0.478 e. The molecule has 0 aliphatic heterocycles. The Labute approximate surface area is 137 Å². The second-order valence-electron chi connectivity index (χ2n) is 5.02. The number of nitrogens with one attached hydrogen (secondary N) is 1. The number of hydrogen-bond acceptors (Lipinski definition) is 4. The standard InChI is InChI=1S/C17H14N2O5/c1-11(8-12-4-2-7-15(9-12)19(23)24)16(20)18-14-6-3-5-13(10-14)17(21)22/h2-10H,1H3,(H,18,20)(H,21,22). The molecule has 1 amide bonds. The topological polar surface area (TPSA) is 110 Å². The van der Waals surface area contributed by atoms with Crippen molar-refractivity contribution in [3.63, 3.8) is 0 Å². The van der Waals surface area contributed by atoms with Crippen LogP contribution in [0.2, 0.25) is 0 Å². The van der Waals surface area contributed by atoms with Crippen molar-refractivity contribution in [2.45, 2.75) is 6.92 Å². The summed E-state index contributed by atoms with van der Waals surface area (Å²) >= 11 is 0. The van der Waals surface area contributed by atoms with Crippen molar-refractivity contribution >= 4 is 29.3 Å². The van der Waals surface area contributed by atoms with Gasteiger partial charge in [0.05, 0.1) is 10.5 Å². The molecule has 7 heteroatoms. The van der Waals surface area contributed by atoms with E-state index >= 15 is 0 Å². The summed E-state index contributed by atoms with van der Waals surface area (Å²) in [5, 5.41) is 22.3. The highest BCUT2D eigenvalue weighted by atomic mass is 16.6. The highest BCUT2D eigenvalue weighted by Gasteiger charge is 2.09. The van der Waals surface area contributed by atoms with Gasteiger partial charge in [0.15, 0.2) is 0 Å². The Kier molecular flexibility index (Phi) is 5.06. The average Bonchev–Trinajstić information content (AvgIpc) is 2.55. The first kappa shape index (κ1) is 16.9. The van der Waals surface area contributed by atoms with Gasteiger partial charge < -0.3 is 10.4 Å². The number of benzene rings is 2. The summed E-state index contributed by atoms with van der Waals surface area (Å²) < 4.78 is 0. The zero-order chi connectivity index (χ0) is 17.7. The highest BCUT2D eigenvalue weighted by Crippen LogP contribution is 2.17. The molecule has 0 heterocycles. The molecule has 0 spiro atoms. The molecule has 0 bridgehead atoms. The SMILES string of the molecule is CC(=Cc1cccc([N+](=O)[O-])c1)C(=O)Nc1cccc(C(=O)O)c1. The van der Waals surface area contributed by atoms with Crippen LogP contribution >= 0.6 is 0 Å². The molecule has 0 aromatic heterocycles. The van der Waals surface area contributed by atoms with Gasteiger partial charge in [-0.2, -0.15) is 0 Å². The summed E-state index contributed by atoms with van der Waals surface area (Å²) in [4.78, 5) is 33.3. The lowest BCUT2D eigenvalue weighted by molar-refractivity contribution is -0.384. The van der Waals surface area contributed by atoms with Crippen molar-refractivity contribution in [3.05, 3.63) is 75.3 Å². The molecule has 2 N–H and O–H groups in total. The number of carbonyl (C=O) groups excluding carboxylic acids is 1. The number of non-ortho nitro benzene ring substituents is 1. The third-order valence-electron chi connectivity index (χ3n) is 3.19. The van der Waals surface area contributed by atoms with E-state index in [-0.39, 0.29) is 11.3 Å². The van der Waals surface area contributed by atoms with Crippen LogP contribution < -0.4 is 5.32 Å². The predicted molar refractivity (Wildman–Crippen MR) is 88.8 cm³/mol. The lowest BCUT2D eigenvalue weighted by Crippen LogP contribution is -2.13. The second-order valence-corrected chi connectivity index (χ2v) is 5.02. The maximum atomic E-state index is 12.2. The first-order valence-corrected chi connectivity index (χ1v) is 6.94. The van der Waals surface area contributed by atoms with E-state index in [2.05, 4.69) is 5.32 Å². The number of carbonyl (C=O) groups is 2. The van der Waals surface area contributed by atoms with Crippen LogP contribution in [0.25, 0.3) is 6.08 Å². The molecule has 0 fully saturated rings. The molecule has 0 atom stereocenters. The predicted octanol–water partition coefficient (Wildman–Crippen LogP) is 3.34. The average molecular weight is 326 g/mol. The van der Waals surface area contributed by atoms with Crippen LogP contribution in [-0.2, 0) is 4.79 Å². The van der Waals surface area contributed by atoms with E-state index in [1.165, 1.54) is 42.5 Å². The molecular formula is C17H14N2O5. The molecule has 0 saturated carbocycles. The molecule has 0 radical (unpaired) electrons. The van der Waals surface area contributed by atoms with Crippen LogP contribution in [0.3, 0.4) is 0 Å². The fourth-order valence-corrected chi connectivity index (χ4v) is 2.00. The van der Waals surface area contributed by atoms with Crippen LogP contribution in [0.15, 0.2) is 54.1 Å². The number of carboxylic acids is 1. The second kappa shape index (κ2) is 7.19. The lowest BCUT2D eigenvalue weighted by atomic mass is 10.1. The minimum Gasteiger partial charge on any atom is -0.478 e. The summed E-state index contributed by atoms with van der Waals surface area (Å²) in [6, 6.07) is 11.8. The van der Waals surface area contributed by atoms with E-state index < -0.39 is 16.8 Å². The third kappa shape index (κ3) is 4.26.